The summed E-state index contributed by atoms with van der Waals surface area (Å²) in [6.07, 6.45) is 3.02. The molecule has 0 spiro atoms. The Hall–Kier alpha value is -3.71. The Morgan fingerprint density at radius 1 is 1.06 bits per heavy atom. The molecule has 8 heteroatoms. The molecule has 0 saturated carbocycles. The molecule has 1 aromatic heterocycles. The highest BCUT2D eigenvalue weighted by Gasteiger charge is 2.13. The van der Waals surface area contributed by atoms with E-state index in [1.165, 1.54) is 6.20 Å². The van der Waals surface area contributed by atoms with Crippen molar-refractivity contribution in [3.8, 4) is 0 Å². The highest BCUT2D eigenvalue weighted by atomic mass is 35.5. The molecule has 3 rings (SSSR count). The average Bonchev–Trinajstić information content (AvgIpc) is 2.71. The summed E-state index contributed by atoms with van der Waals surface area (Å²) in [5.74, 6) is -0.0457. The molecule has 0 saturated heterocycles. The van der Waals surface area contributed by atoms with E-state index in [9.17, 15) is 9.59 Å². The van der Waals surface area contributed by atoms with Gasteiger partial charge in [0.15, 0.2) is 11.6 Å². The first-order chi connectivity index (χ1) is 14.7. The number of aryl methyl sites for hydroxylation is 1. The molecule has 1 heterocycles. The van der Waals surface area contributed by atoms with Gasteiger partial charge in [-0.05, 0) is 56.7 Å². The number of carbonyl (C=O) groups is 2. The number of primary amides is 1. The number of anilines is 4. The number of amides is 1. The van der Waals surface area contributed by atoms with E-state index in [4.69, 9.17) is 17.3 Å². The predicted molar refractivity (Wildman–Crippen MR) is 124 cm³/mol. The normalized spacial score (nSPS) is 10.3. The lowest BCUT2D eigenvalue weighted by Crippen LogP contribution is -2.11. The van der Waals surface area contributed by atoms with Crippen molar-refractivity contribution in [1.29, 1.82) is 0 Å². The van der Waals surface area contributed by atoms with Crippen molar-refractivity contribution >= 4 is 46.4 Å². The van der Waals surface area contributed by atoms with Crippen LogP contribution in [-0.4, -0.2) is 21.7 Å². The molecule has 158 valence electrons. The number of para-hydroxylation sites is 1. The maximum atomic E-state index is 12.6. The summed E-state index contributed by atoms with van der Waals surface area (Å²) in [5.41, 5.74) is 9.24. The number of aromatic nitrogens is 2. The van der Waals surface area contributed by atoms with E-state index < -0.39 is 5.91 Å². The minimum Gasteiger partial charge on any atom is -0.366 e. The topological polar surface area (TPSA) is 110 Å². The molecule has 1 amide bonds. The Morgan fingerprint density at radius 2 is 1.81 bits per heavy atom. The van der Waals surface area contributed by atoms with Crippen LogP contribution in [0.5, 0.6) is 0 Å². The van der Waals surface area contributed by atoms with Gasteiger partial charge in [-0.3, -0.25) is 9.59 Å². The van der Waals surface area contributed by atoms with Crippen LogP contribution in [0, 0.1) is 6.92 Å². The standard InChI is InChI=1S/C23H22ClN5O2/c1-13(2)10-20(30)16-6-4-5-7-18(16)27-22-17(24)12-26-23(29-22)28-19-11-15(21(25)31)9-8-14(19)3/h4-12H,1-3H3,(H2,25,31)(H2,26,27,28,29). The predicted octanol–water partition coefficient (Wildman–Crippen LogP) is 5.17. The van der Waals surface area contributed by atoms with Gasteiger partial charge in [-0.2, -0.15) is 4.98 Å². The third kappa shape index (κ3) is 5.46. The summed E-state index contributed by atoms with van der Waals surface area (Å²) in [4.78, 5) is 32.7. The molecule has 0 radical (unpaired) electrons. The Morgan fingerprint density at radius 3 is 2.52 bits per heavy atom. The Balaban J connectivity index is 1.92. The quantitative estimate of drug-likeness (QED) is 0.348. The first kappa shape index (κ1) is 22.0. The molecule has 0 aliphatic rings. The van der Waals surface area contributed by atoms with Crippen LogP contribution in [0.15, 0.2) is 60.3 Å². The molecule has 7 nitrogen and oxygen atoms in total. The van der Waals surface area contributed by atoms with Crippen LogP contribution in [-0.2, 0) is 0 Å². The van der Waals surface area contributed by atoms with Crippen LogP contribution in [0.2, 0.25) is 5.02 Å². The van der Waals surface area contributed by atoms with E-state index in [0.29, 0.717) is 28.3 Å². The number of nitrogens with one attached hydrogen (secondary N) is 2. The SMILES string of the molecule is CC(C)=CC(=O)c1ccccc1Nc1nc(Nc2cc(C(N)=O)ccc2C)ncc1Cl. The maximum Gasteiger partial charge on any atom is 0.248 e. The fourth-order valence-corrected chi connectivity index (χ4v) is 2.96. The Labute approximate surface area is 185 Å². The molecule has 0 aliphatic carbocycles. The summed E-state index contributed by atoms with van der Waals surface area (Å²) in [7, 11) is 0. The van der Waals surface area contributed by atoms with E-state index in [1.807, 2.05) is 26.8 Å². The number of hydrogen-bond acceptors (Lipinski definition) is 6. The van der Waals surface area contributed by atoms with Gasteiger partial charge in [0.1, 0.15) is 5.02 Å². The molecule has 0 fully saturated rings. The van der Waals surface area contributed by atoms with E-state index in [0.717, 1.165) is 11.1 Å². The number of nitrogens with zero attached hydrogens (tertiary/aromatic N) is 2. The summed E-state index contributed by atoms with van der Waals surface area (Å²) in [6.45, 7) is 5.61. The molecule has 3 aromatic rings. The molecule has 4 N–H and O–H groups in total. The highest BCUT2D eigenvalue weighted by Crippen LogP contribution is 2.28. The first-order valence-corrected chi connectivity index (χ1v) is 9.87. The van der Waals surface area contributed by atoms with Crippen molar-refractivity contribution in [2.45, 2.75) is 20.8 Å². The third-order valence-corrected chi connectivity index (χ3v) is 4.65. The first-order valence-electron chi connectivity index (χ1n) is 9.50. The zero-order valence-electron chi connectivity index (χ0n) is 17.4. The lowest BCUT2D eigenvalue weighted by atomic mass is 10.1. The summed E-state index contributed by atoms with van der Waals surface area (Å²) in [6, 6.07) is 12.2. The summed E-state index contributed by atoms with van der Waals surface area (Å²) < 4.78 is 0. The van der Waals surface area contributed by atoms with Crippen LogP contribution in [0.1, 0.15) is 40.1 Å². The minimum atomic E-state index is -0.528. The van der Waals surface area contributed by atoms with Gasteiger partial charge in [-0.25, -0.2) is 4.98 Å². The van der Waals surface area contributed by atoms with Crippen LogP contribution in [0.3, 0.4) is 0 Å². The Kier molecular flexibility index (Phi) is 6.67. The second-order valence-corrected chi connectivity index (χ2v) is 7.57. The fourth-order valence-electron chi connectivity index (χ4n) is 2.82. The second-order valence-electron chi connectivity index (χ2n) is 7.17. The van der Waals surface area contributed by atoms with Crippen molar-refractivity contribution in [3.63, 3.8) is 0 Å². The monoisotopic (exact) mass is 435 g/mol. The minimum absolute atomic E-state index is 0.120. The number of hydrogen-bond donors (Lipinski definition) is 3. The highest BCUT2D eigenvalue weighted by molar-refractivity contribution is 6.33. The van der Waals surface area contributed by atoms with E-state index >= 15 is 0 Å². The van der Waals surface area contributed by atoms with Crippen molar-refractivity contribution in [2.75, 3.05) is 10.6 Å². The average molecular weight is 436 g/mol. The molecular formula is C23H22ClN5O2. The molecule has 0 aliphatic heterocycles. The maximum absolute atomic E-state index is 12.6. The number of ketones is 1. The fraction of sp³-hybridized carbons (Fsp3) is 0.130. The molecular weight excluding hydrogens is 414 g/mol. The van der Waals surface area contributed by atoms with Crippen molar-refractivity contribution in [2.24, 2.45) is 5.73 Å². The van der Waals surface area contributed by atoms with Crippen LogP contribution in [0.4, 0.5) is 23.1 Å². The van der Waals surface area contributed by atoms with Crippen molar-refractivity contribution in [1.82, 2.24) is 9.97 Å². The molecule has 2 aromatic carbocycles. The van der Waals surface area contributed by atoms with Gasteiger partial charge < -0.3 is 16.4 Å². The Bertz CT molecular complexity index is 1190. The zero-order chi connectivity index (χ0) is 22.5. The number of nitrogens with two attached hydrogens (primary N) is 1. The van der Waals surface area contributed by atoms with E-state index in [1.54, 1.807) is 42.5 Å². The molecule has 31 heavy (non-hydrogen) atoms. The molecule has 0 atom stereocenters. The second kappa shape index (κ2) is 9.40. The number of carbonyl (C=O) groups excluding carboxylic acids is 2. The van der Waals surface area contributed by atoms with Crippen LogP contribution >= 0.6 is 11.6 Å². The van der Waals surface area contributed by atoms with Gasteiger partial charge in [0.2, 0.25) is 11.9 Å². The van der Waals surface area contributed by atoms with Crippen LogP contribution < -0.4 is 16.4 Å². The summed E-state index contributed by atoms with van der Waals surface area (Å²) >= 11 is 6.29. The lowest BCUT2D eigenvalue weighted by molar-refractivity contribution is 0.0998. The van der Waals surface area contributed by atoms with Gasteiger partial charge in [0, 0.05) is 16.8 Å². The van der Waals surface area contributed by atoms with Crippen LogP contribution in [0.25, 0.3) is 0 Å². The largest absolute Gasteiger partial charge is 0.366 e. The smallest absolute Gasteiger partial charge is 0.248 e. The van der Waals surface area contributed by atoms with Crippen molar-refractivity contribution in [3.05, 3.63) is 82.0 Å². The van der Waals surface area contributed by atoms with E-state index in [2.05, 4.69) is 20.6 Å². The number of benzene rings is 2. The van der Waals surface area contributed by atoms with Gasteiger partial charge in [0.05, 0.1) is 11.9 Å². The van der Waals surface area contributed by atoms with Crippen molar-refractivity contribution < 1.29 is 9.59 Å². The molecule has 0 unspecified atom stereocenters. The summed E-state index contributed by atoms with van der Waals surface area (Å²) in [5, 5.41) is 6.49. The van der Waals surface area contributed by atoms with E-state index in [-0.39, 0.29) is 16.8 Å². The zero-order valence-corrected chi connectivity index (χ0v) is 18.1. The lowest BCUT2D eigenvalue weighted by Gasteiger charge is -2.13. The van der Waals surface area contributed by atoms with Gasteiger partial charge >= 0.3 is 0 Å². The van der Waals surface area contributed by atoms with Gasteiger partial charge in [-0.15, -0.1) is 0 Å². The third-order valence-electron chi connectivity index (χ3n) is 4.38. The van der Waals surface area contributed by atoms with Gasteiger partial charge in [-0.1, -0.05) is 35.4 Å². The number of halogens is 1. The number of rotatable bonds is 7. The molecule has 0 bridgehead atoms. The number of allylic oxidation sites excluding steroid dienone is 2. The van der Waals surface area contributed by atoms with Gasteiger partial charge in [0.25, 0.3) is 0 Å².